The lowest BCUT2D eigenvalue weighted by molar-refractivity contribution is 0.481. The van der Waals surface area contributed by atoms with Gasteiger partial charge in [0, 0.05) is 13.2 Å². The molecule has 50 valence electrons. The van der Waals surface area contributed by atoms with E-state index in [0.717, 1.165) is 11.5 Å². The number of allylic oxidation sites excluding steroid dienone is 1. The first-order valence-electron chi connectivity index (χ1n) is 2.86. The van der Waals surface area contributed by atoms with Crippen LogP contribution in [0.3, 0.4) is 0 Å². The number of hydrazone groups is 1. The molecule has 0 amide bonds. The number of hydrogen-bond donors (Lipinski definition) is 0. The molecule has 0 unspecified atom stereocenters. The summed E-state index contributed by atoms with van der Waals surface area (Å²) in [6.45, 7) is 3.84. The average Bonchev–Trinajstić information content (AvgIpc) is 1.59. The first-order chi connectivity index (χ1) is 4.18. The van der Waals surface area contributed by atoms with E-state index in [1.807, 2.05) is 27.1 Å². The monoisotopic (exact) mass is 124 g/mol. The van der Waals surface area contributed by atoms with Crippen LogP contribution in [0.15, 0.2) is 17.0 Å². The van der Waals surface area contributed by atoms with Crippen LogP contribution in [0.5, 0.6) is 0 Å². The smallest absolute Gasteiger partial charge is 0.00947 e. The third kappa shape index (κ3) is 1.45. The van der Waals surface area contributed by atoms with Crippen molar-refractivity contribution in [3.05, 3.63) is 17.2 Å². The van der Waals surface area contributed by atoms with E-state index < -0.39 is 0 Å². The van der Waals surface area contributed by atoms with E-state index in [1.165, 1.54) is 0 Å². The molecule has 1 aliphatic rings. The number of nitrogens with zero attached hydrogens (tertiary/aromatic N) is 3. The topological polar surface area (TPSA) is 29.7 Å². The molecule has 0 saturated heterocycles. The third-order valence-electron chi connectivity index (χ3n) is 1.01. The molecule has 9 heavy (non-hydrogen) atoms. The molecule has 1 rings (SSSR count). The quantitative estimate of drug-likeness (QED) is 0.481. The normalized spacial score (nSPS) is 18.3. The van der Waals surface area contributed by atoms with Gasteiger partial charge in [-0.25, -0.2) is 0 Å². The van der Waals surface area contributed by atoms with E-state index in [4.69, 9.17) is 0 Å². The zero-order valence-electron chi connectivity index (χ0n) is 5.92. The minimum atomic E-state index is 0.817. The van der Waals surface area contributed by atoms with Gasteiger partial charge in [-0.2, -0.15) is 0 Å². The third-order valence-corrected chi connectivity index (χ3v) is 1.01. The van der Waals surface area contributed by atoms with Crippen LogP contribution in [0.1, 0.15) is 13.8 Å². The molecular formula is C6H10N3-. The Morgan fingerprint density at radius 2 is 2.22 bits per heavy atom. The van der Waals surface area contributed by atoms with Crippen LogP contribution in [0.25, 0.3) is 5.32 Å². The second-order valence-electron chi connectivity index (χ2n) is 2.10. The summed E-state index contributed by atoms with van der Waals surface area (Å²) in [4.78, 5) is 0. The molecule has 1 heterocycles. The van der Waals surface area contributed by atoms with Gasteiger partial charge in [-0.05, 0) is 13.8 Å². The van der Waals surface area contributed by atoms with Crippen molar-refractivity contribution in [3.63, 3.8) is 0 Å². The van der Waals surface area contributed by atoms with E-state index in [0.29, 0.717) is 0 Å². The van der Waals surface area contributed by atoms with Gasteiger partial charge in [0.05, 0.1) is 0 Å². The first kappa shape index (κ1) is 6.13. The molecule has 0 bridgehead atoms. The molecule has 0 fully saturated rings. The fourth-order valence-corrected chi connectivity index (χ4v) is 0.834. The van der Waals surface area contributed by atoms with Crippen molar-refractivity contribution < 1.29 is 0 Å². The van der Waals surface area contributed by atoms with Gasteiger partial charge >= 0.3 is 0 Å². The van der Waals surface area contributed by atoms with Gasteiger partial charge in [0.1, 0.15) is 0 Å². The maximum Gasteiger partial charge on any atom is 0.00947 e. The highest BCUT2D eigenvalue weighted by molar-refractivity contribution is 5.95. The van der Waals surface area contributed by atoms with Crippen LogP contribution in [0.2, 0.25) is 0 Å². The Labute approximate surface area is 55.0 Å². The summed E-state index contributed by atoms with van der Waals surface area (Å²) >= 11 is 0. The largest absolute Gasteiger partial charge is 0.441 e. The van der Waals surface area contributed by atoms with E-state index in [2.05, 4.69) is 10.4 Å². The molecular weight excluding hydrogens is 114 g/mol. The van der Waals surface area contributed by atoms with Gasteiger partial charge in [0.2, 0.25) is 0 Å². The van der Waals surface area contributed by atoms with Crippen LogP contribution in [-0.4, -0.2) is 17.9 Å². The summed E-state index contributed by atoms with van der Waals surface area (Å²) in [6.07, 6.45) is 1.88. The standard InChI is InChI=1S/C6H10N3/c1-5-4-9(3)8-6(2)7-5/h4H,1-3H3/q-1. The van der Waals surface area contributed by atoms with Crippen molar-refractivity contribution in [3.8, 4) is 0 Å². The van der Waals surface area contributed by atoms with E-state index >= 15 is 0 Å². The lowest BCUT2D eigenvalue weighted by Gasteiger charge is -2.28. The highest BCUT2D eigenvalue weighted by Crippen LogP contribution is 2.11. The maximum atomic E-state index is 4.10. The zero-order valence-corrected chi connectivity index (χ0v) is 5.92. The van der Waals surface area contributed by atoms with Crippen LogP contribution in [-0.2, 0) is 0 Å². The highest BCUT2D eigenvalue weighted by atomic mass is 15.5. The van der Waals surface area contributed by atoms with Crippen LogP contribution >= 0.6 is 0 Å². The molecule has 0 aromatic heterocycles. The van der Waals surface area contributed by atoms with Crippen molar-refractivity contribution in [1.82, 2.24) is 5.01 Å². The number of rotatable bonds is 0. The molecule has 0 spiro atoms. The van der Waals surface area contributed by atoms with Gasteiger partial charge in [-0.3, -0.25) is 0 Å². The Morgan fingerprint density at radius 1 is 1.56 bits per heavy atom. The molecule has 0 radical (unpaired) electrons. The Balaban J connectivity index is 2.69. The van der Waals surface area contributed by atoms with E-state index in [1.54, 1.807) is 5.01 Å². The molecule has 0 N–H and O–H groups in total. The first-order valence-corrected chi connectivity index (χ1v) is 2.86. The molecule has 3 nitrogen and oxygen atoms in total. The van der Waals surface area contributed by atoms with Gasteiger partial charge in [-0.1, -0.05) is 11.5 Å². The minimum Gasteiger partial charge on any atom is -0.441 e. The Bertz CT molecular complexity index is 151. The number of hydrogen-bond acceptors (Lipinski definition) is 2. The fraction of sp³-hybridized carbons (Fsp3) is 0.500. The van der Waals surface area contributed by atoms with E-state index in [9.17, 15) is 0 Å². The van der Waals surface area contributed by atoms with Crippen molar-refractivity contribution in [2.75, 3.05) is 7.05 Å². The molecule has 3 heteroatoms. The van der Waals surface area contributed by atoms with Crippen molar-refractivity contribution in [2.24, 2.45) is 5.10 Å². The zero-order chi connectivity index (χ0) is 6.85. The number of amidine groups is 1. The van der Waals surface area contributed by atoms with Crippen LogP contribution in [0.4, 0.5) is 0 Å². The van der Waals surface area contributed by atoms with Crippen molar-refractivity contribution in [2.45, 2.75) is 13.8 Å². The summed E-state index contributed by atoms with van der Waals surface area (Å²) in [5.41, 5.74) is 1.00. The van der Waals surface area contributed by atoms with E-state index in [-0.39, 0.29) is 0 Å². The van der Waals surface area contributed by atoms with Gasteiger partial charge in [0.15, 0.2) is 0 Å². The summed E-state index contributed by atoms with van der Waals surface area (Å²) < 4.78 is 0. The minimum absolute atomic E-state index is 0.817. The Kier molecular flexibility index (Phi) is 1.42. The summed E-state index contributed by atoms with van der Waals surface area (Å²) in [5, 5.41) is 9.90. The van der Waals surface area contributed by atoms with Crippen LogP contribution < -0.4 is 0 Å². The predicted octanol–water partition coefficient (Wildman–Crippen LogP) is 1.50. The summed E-state index contributed by atoms with van der Waals surface area (Å²) in [6, 6.07) is 0. The molecule has 0 aromatic carbocycles. The highest BCUT2D eigenvalue weighted by Gasteiger charge is 1.89. The lowest BCUT2D eigenvalue weighted by Crippen LogP contribution is -2.10. The SMILES string of the molecule is CC1=CN(C)N=C(C)[N-]1. The van der Waals surface area contributed by atoms with Crippen LogP contribution in [0, 0.1) is 0 Å². The van der Waals surface area contributed by atoms with Gasteiger partial charge in [0.25, 0.3) is 0 Å². The second-order valence-corrected chi connectivity index (χ2v) is 2.10. The second kappa shape index (κ2) is 2.09. The summed E-state index contributed by atoms with van der Waals surface area (Å²) in [7, 11) is 1.89. The molecule has 0 saturated carbocycles. The van der Waals surface area contributed by atoms with Gasteiger partial charge in [-0.15, -0.1) is 0 Å². The fourth-order valence-electron chi connectivity index (χ4n) is 0.834. The molecule has 1 aliphatic heterocycles. The lowest BCUT2D eigenvalue weighted by atomic mass is 10.4. The van der Waals surface area contributed by atoms with Gasteiger partial charge < -0.3 is 15.4 Å². The Hall–Kier alpha value is -0.990. The Morgan fingerprint density at radius 3 is 2.67 bits per heavy atom. The van der Waals surface area contributed by atoms with Crippen molar-refractivity contribution >= 4 is 5.84 Å². The molecule has 0 atom stereocenters. The van der Waals surface area contributed by atoms with Crippen molar-refractivity contribution in [1.29, 1.82) is 0 Å². The summed E-state index contributed by atoms with van der Waals surface area (Å²) in [5.74, 6) is 0.817. The molecule has 0 aliphatic carbocycles. The predicted molar refractivity (Wildman–Crippen MR) is 38.0 cm³/mol. The average molecular weight is 124 g/mol. The maximum absolute atomic E-state index is 4.10. The molecule has 0 aromatic rings.